The van der Waals surface area contributed by atoms with Crippen LogP contribution in [-0.4, -0.2) is 20.0 Å². The summed E-state index contributed by atoms with van der Waals surface area (Å²) in [4.78, 5) is 0. The molecule has 0 aromatic carbocycles. The third-order valence-electron chi connectivity index (χ3n) is 0.915. The Morgan fingerprint density at radius 3 is 2.29 bits per heavy atom. The summed E-state index contributed by atoms with van der Waals surface area (Å²) in [5.74, 6) is 0.880. The molecule has 0 atom stereocenters. The minimum absolute atomic E-state index is 0.140. The topological polar surface area (TPSA) is 0 Å². The molecule has 0 amide bonds. The minimum atomic E-state index is 0.140. The van der Waals surface area contributed by atoms with Crippen molar-refractivity contribution in [2.24, 2.45) is 5.92 Å². The molecular weight excluding hydrogens is 122 g/mol. The van der Waals surface area contributed by atoms with Gasteiger partial charge in [-0.05, 0) is 4.74 Å². The molecule has 0 saturated carbocycles. The van der Waals surface area contributed by atoms with E-state index in [2.05, 4.69) is 13.8 Å². The van der Waals surface area contributed by atoms with Crippen molar-refractivity contribution in [2.45, 2.75) is 19.1 Å². The molecule has 0 nitrogen and oxygen atoms in total. The van der Waals surface area contributed by atoms with E-state index < -0.39 is 0 Å². The van der Waals surface area contributed by atoms with E-state index in [1.165, 1.54) is 5.28 Å². The van der Waals surface area contributed by atoms with Crippen molar-refractivity contribution in [1.29, 1.82) is 0 Å². The van der Waals surface area contributed by atoms with Gasteiger partial charge in [0, 0.05) is 0 Å². The van der Waals surface area contributed by atoms with Crippen LogP contribution in [0, 0.1) is 5.92 Å². The standard InChI is InChI=1S/C4H9.CH2Cl.Al.H/c1-4(2)3;1-2;;/h4H,1H2,2-3H3;1H2;;. The highest BCUT2D eigenvalue weighted by Crippen LogP contribution is 1.97. The van der Waals surface area contributed by atoms with Gasteiger partial charge in [-0.15, -0.1) is 11.6 Å². The number of alkyl halides is 1. The van der Waals surface area contributed by atoms with Crippen LogP contribution in [0.1, 0.15) is 13.8 Å². The Hall–Kier alpha value is 0.822. The molecule has 7 heavy (non-hydrogen) atoms. The van der Waals surface area contributed by atoms with Gasteiger partial charge in [-0.2, -0.15) is 0 Å². The van der Waals surface area contributed by atoms with Crippen molar-refractivity contribution in [3.05, 3.63) is 0 Å². The first-order chi connectivity index (χ1) is 3.27. The molecule has 0 aromatic rings. The molecule has 0 saturated heterocycles. The second-order valence-corrected chi connectivity index (χ2v) is 5.02. The normalized spacial score (nSPS) is 9.71. The molecule has 0 radical (unpaired) electrons. The van der Waals surface area contributed by atoms with Gasteiger partial charge in [0.25, 0.3) is 15.2 Å². The first kappa shape index (κ1) is 7.82. The monoisotopic (exact) mass is 134 g/mol. The lowest BCUT2D eigenvalue weighted by Crippen LogP contribution is -1.96. The van der Waals surface area contributed by atoms with Crippen molar-refractivity contribution in [1.82, 2.24) is 0 Å². The summed E-state index contributed by atoms with van der Waals surface area (Å²) in [6.45, 7) is 4.50. The van der Waals surface area contributed by atoms with Crippen molar-refractivity contribution >= 4 is 26.8 Å². The summed E-state index contributed by atoms with van der Waals surface area (Å²) in [7, 11) is 0. The van der Waals surface area contributed by atoms with Gasteiger partial charge in [0.15, 0.2) is 0 Å². The van der Waals surface area contributed by atoms with Crippen molar-refractivity contribution in [3.63, 3.8) is 0 Å². The molecule has 0 unspecified atom stereocenters. The third-order valence-corrected chi connectivity index (χ3v) is 3.55. The molecule has 0 aliphatic heterocycles. The quantitative estimate of drug-likeness (QED) is 0.407. The first-order valence-electron chi connectivity index (χ1n) is 2.83. The van der Waals surface area contributed by atoms with Crippen LogP contribution in [0.2, 0.25) is 5.28 Å². The highest BCUT2D eigenvalue weighted by Gasteiger charge is 1.93. The summed E-state index contributed by atoms with van der Waals surface area (Å²) < 4.78 is 0.957. The zero-order valence-corrected chi connectivity index (χ0v) is 7.25. The van der Waals surface area contributed by atoms with Crippen LogP contribution >= 0.6 is 11.6 Å². The molecular formula is C5H12AlCl. The van der Waals surface area contributed by atoms with E-state index in [9.17, 15) is 0 Å². The maximum atomic E-state index is 5.51. The second kappa shape index (κ2) is 4.97. The minimum Gasteiger partial charge on any atom is -0.143 e. The van der Waals surface area contributed by atoms with E-state index >= 15 is 0 Å². The van der Waals surface area contributed by atoms with E-state index in [4.69, 9.17) is 11.6 Å². The van der Waals surface area contributed by atoms with Gasteiger partial charge in [0.2, 0.25) is 0 Å². The molecule has 0 rings (SSSR count). The first-order valence-corrected chi connectivity index (χ1v) is 5.36. The van der Waals surface area contributed by atoms with Crippen LogP contribution in [0.5, 0.6) is 0 Å². The Balaban J connectivity index is 2.68. The molecule has 42 valence electrons. The summed E-state index contributed by atoms with van der Waals surface area (Å²) in [5, 5.41) is 1.41. The number of halogens is 1. The number of rotatable bonds is 3. The Labute approximate surface area is 57.0 Å². The summed E-state index contributed by atoms with van der Waals surface area (Å²) in [6, 6.07) is 0. The van der Waals surface area contributed by atoms with E-state index in [0.29, 0.717) is 0 Å². The maximum absolute atomic E-state index is 5.51. The third kappa shape index (κ3) is 6.82. The van der Waals surface area contributed by atoms with E-state index in [1.54, 1.807) is 0 Å². The number of hydrogen-bond donors (Lipinski definition) is 0. The average Bonchev–Trinajstić information content (AvgIpc) is 1.61. The fourth-order valence-electron chi connectivity index (χ4n) is 0.485. The second-order valence-electron chi connectivity index (χ2n) is 2.23. The number of hydrogen-bond acceptors (Lipinski definition) is 0. The zero-order valence-electron chi connectivity index (χ0n) is 5.08. The van der Waals surface area contributed by atoms with Gasteiger partial charge in [0.1, 0.15) is 0 Å². The highest BCUT2D eigenvalue weighted by atomic mass is 35.5. The van der Waals surface area contributed by atoms with Crippen LogP contribution in [0.4, 0.5) is 0 Å². The van der Waals surface area contributed by atoms with Gasteiger partial charge >= 0.3 is 0 Å². The lowest BCUT2D eigenvalue weighted by molar-refractivity contribution is 0.731. The van der Waals surface area contributed by atoms with Crippen LogP contribution in [0.15, 0.2) is 0 Å². The molecule has 0 aromatic heterocycles. The summed E-state index contributed by atoms with van der Waals surface area (Å²) in [6.07, 6.45) is 0. The van der Waals surface area contributed by atoms with Crippen LogP contribution in [0.3, 0.4) is 0 Å². The fraction of sp³-hybridized carbons (Fsp3) is 1.00. The van der Waals surface area contributed by atoms with Crippen LogP contribution in [0.25, 0.3) is 0 Å². The molecule has 0 aliphatic carbocycles. The Kier molecular flexibility index (Phi) is 5.55. The van der Waals surface area contributed by atoms with Crippen molar-refractivity contribution in [3.8, 4) is 0 Å². The van der Waals surface area contributed by atoms with Gasteiger partial charge in [-0.1, -0.05) is 25.0 Å². The van der Waals surface area contributed by atoms with Gasteiger partial charge in [0.05, 0.1) is 0 Å². The Bertz CT molecular complexity index is 37.1. The molecule has 0 N–H and O–H groups in total. The molecule has 0 heterocycles. The SMILES string of the molecule is CC(C)[CH2][AlH][CH2]Cl. The lowest BCUT2D eigenvalue weighted by Gasteiger charge is -1.95. The van der Waals surface area contributed by atoms with Crippen molar-refractivity contribution < 1.29 is 0 Å². The summed E-state index contributed by atoms with van der Waals surface area (Å²) in [5.41, 5.74) is 0. The molecule has 0 spiro atoms. The van der Waals surface area contributed by atoms with Crippen LogP contribution < -0.4 is 0 Å². The Morgan fingerprint density at radius 1 is 1.57 bits per heavy atom. The Morgan fingerprint density at radius 2 is 2.14 bits per heavy atom. The lowest BCUT2D eigenvalue weighted by atomic mass is 10.3. The van der Waals surface area contributed by atoms with Gasteiger partial charge in [-0.3, -0.25) is 0 Å². The average molecular weight is 135 g/mol. The molecule has 0 fully saturated rings. The van der Waals surface area contributed by atoms with Gasteiger partial charge < -0.3 is 0 Å². The highest BCUT2D eigenvalue weighted by molar-refractivity contribution is 6.50. The molecule has 0 aliphatic rings. The largest absolute Gasteiger partial charge is 0.259 e. The summed E-state index contributed by atoms with van der Waals surface area (Å²) >= 11 is 5.65. The molecule has 0 bridgehead atoms. The zero-order chi connectivity index (χ0) is 5.70. The predicted molar refractivity (Wildman–Crippen MR) is 37.5 cm³/mol. The van der Waals surface area contributed by atoms with Gasteiger partial charge in [-0.25, -0.2) is 0 Å². The smallest absolute Gasteiger partial charge is 0.143 e. The van der Waals surface area contributed by atoms with E-state index in [-0.39, 0.29) is 15.2 Å². The van der Waals surface area contributed by atoms with Crippen molar-refractivity contribution in [2.75, 3.05) is 4.74 Å². The van der Waals surface area contributed by atoms with E-state index in [0.717, 1.165) is 10.7 Å². The predicted octanol–water partition coefficient (Wildman–Crippen LogP) is 1.69. The maximum Gasteiger partial charge on any atom is 0.259 e. The van der Waals surface area contributed by atoms with Crippen LogP contribution in [-0.2, 0) is 0 Å². The fourth-order valence-corrected chi connectivity index (χ4v) is 1.92. The van der Waals surface area contributed by atoms with E-state index in [1.807, 2.05) is 0 Å². The molecule has 2 heteroatoms.